The zero-order valence-electron chi connectivity index (χ0n) is 13.1. The molecule has 0 unspecified atom stereocenters. The average molecular weight is 276 g/mol. The van der Waals surface area contributed by atoms with Crippen LogP contribution in [-0.4, -0.2) is 26.7 Å². The van der Waals surface area contributed by atoms with Crippen molar-refractivity contribution >= 4 is 5.69 Å². The van der Waals surface area contributed by atoms with Crippen molar-refractivity contribution in [2.24, 2.45) is 5.92 Å². The van der Waals surface area contributed by atoms with Gasteiger partial charge >= 0.3 is 0 Å². The van der Waals surface area contributed by atoms with Crippen molar-refractivity contribution in [2.45, 2.75) is 39.7 Å². The molecule has 3 nitrogen and oxygen atoms in total. The van der Waals surface area contributed by atoms with Gasteiger partial charge in [-0.3, -0.25) is 0 Å². The first-order valence-corrected chi connectivity index (χ1v) is 7.83. The Kier molecular flexibility index (Phi) is 5.72. The Bertz CT molecular complexity index is 411. The Labute approximate surface area is 123 Å². The number of benzene rings is 1. The topological polar surface area (TPSA) is 24.5 Å². The molecule has 0 atom stereocenters. The van der Waals surface area contributed by atoms with Crippen molar-refractivity contribution in [3.05, 3.63) is 23.8 Å². The third kappa shape index (κ3) is 4.14. The van der Waals surface area contributed by atoms with Gasteiger partial charge in [-0.1, -0.05) is 19.9 Å². The van der Waals surface area contributed by atoms with E-state index in [1.165, 1.54) is 30.5 Å². The van der Waals surface area contributed by atoms with E-state index in [4.69, 9.17) is 4.74 Å². The molecule has 1 aliphatic heterocycles. The number of hydrogen-bond acceptors (Lipinski definition) is 3. The van der Waals surface area contributed by atoms with E-state index in [9.17, 15) is 0 Å². The van der Waals surface area contributed by atoms with Crippen LogP contribution in [0.1, 0.15) is 38.7 Å². The molecule has 0 bridgehead atoms. The number of hydrogen-bond donors (Lipinski definition) is 1. The Hall–Kier alpha value is -1.22. The van der Waals surface area contributed by atoms with Gasteiger partial charge in [-0.15, -0.1) is 0 Å². The summed E-state index contributed by atoms with van der Waals surface area (Å²) < 4.78 is 5.57. The van der Waals surface area contributed by atoms with Gasteiger partial charge in [0.2, 0.25) is 0 Å². The van der Waals surface area contributed by atoms with Gasteiger partial charge in [0.15, 0.2) is 0 Å². The highest BCUT2D eigenvalue weighted by Crippen LogP contribution is 2.31. The summed E-state index contributed by atoms with van der Waals surface area (Å²) in [5.41, 5.74) is 2.55. The lowest BCUT2D eigenvalue weighted by atomic mass is 10.1. The molecular formula is C17H28N2O. The van der Waals surface area contributed by atoms with E-state index in [0.29, 0.717) is 0 Å². The molecule has 1 fully saturated rings. The van der Waals surface area contributed by atoms with Gasteiger partial charge in [-0.05, 0) is 49.4 Å². The summed E-state index contributed by atoms with van der Waals surface area (Å²) in [7, 11) is 1.77. The molecule has 0 amide bonds. The predicted molar refractivity (Wildman–Crippen MR) is 85.6 cm³/mol. The van der Waals surface area contributed by atoms with Gasteiger partial charge in [-0.2, -0.15) is 0 Å². The first-order valence-electron chi connectivity index (χ1n) is 7.83. The molecule has 0 spiro atoms. The Morgan fingerprint density at radius 3 is 2.65 bits per heavy atom. The molecule has 0 radical (unpaired) electrons. The molecule has 0 aliphatic carbocycles. The number of nitrogens with one attached hydrogen (secondary N) is 1. The van der Waals surface area contributed by atoms with Gasteiger partial charge in [-0.25, -0.2) is 0 Å². The van der Waals surface area contributed by atoms with Crippen LogP contribution in [0.25, 0.3) is 0 Å². The monoisotopic (exact) mass is 276 g/mol. The number of nitrogens with zero attached hydrogens (tertiary/aromatic N) is 1. The predicted octanol–water partition coefficient (Wildman–Crippen LogP) is 3.43. The van der Waals surface area contributed by atoms with Crippen LogP contribution in [0.4, 0.5) is 5.69 Å². The summed E-state index contributed by atoms with van der Waals surface area (Å²) in [6, 6.07) is 6.61. The van der Waals surface area contributed by atoms with Gasteiger partial charge in [0, 0.05) is 19.6 Å². The lowest BCUT2D eigenvalue weighted by molar-refractivity contribution is 0.414. The minimum atomic E-state index is 0.759. The van der Waals surface area contributed by atoms with Crippen molar-refractivity contribution < 1.29 is 4.74 Å². The standard InChI is InChI=1S/C17H28N2O/c1-14(2)8-9-18-13-15-6-7-16(17(12-15)20-3)19-10-4-5-11-19/h6-7,12,14,18H,4-5,8-11,13H2,1-3H3. The van der Waals surface area contributed by atoms with Crippen LogP contribution in [0.3, 0.4) is 0 Å². The molecule has 1 saturated heterocycles. The largest absolute Gasteiger partial charge is 0.495 e. The number of methoxy groups -OCH3 is 1. The van der Waals surface area contributed by atoms with Crippen LogP contribution in [0, 0.1) is 5.92 Å². The van der Waals surface area contributed by atoms with Crippen molar-refractivity contribution in [3.8, 4) is 5.75 Å². The number of rotatable bonds is 7. The average Bonchev–Trinajstić information content (AvgIpc) is 2.97. The lowest BCUT2D eigenvalue weighted by Crippen LogP contribution is -2.19. The summed E-state index contributed by atoms with van der Waals surface area (Å²) in [5, 5.41) is 3.50. The van der Waals surface area contributed by atoms with E-state index in [1.807, 2.05) is 0 Å². The molecule has 1 aromatic rings. The van der Waals surface area contributed by atoms with Crippen LogP contribution in [0.2, 0.25) is 0 Å². The summed E-state index contributed by atoms with van der Waals surface area (Å²) in [6.45, 7) is 8.83. The Morgan fingerprint density at radius 2 is 2.00 bits per heavy atom. The van der Waals surface area contributed by atoms with Gasteiger partial charge in [0.1, 0.15) is 5.75 Å². The quantitative estimate of drug-likeness (QED) is 0.772. The van der Waals surface area contributed by atoms with E-state index in [-0.39, 0.29) is 0 Å². The fraction of sp³-hybridized carbons (Fsp3) is 0.647. The highest BCUT2D eigenvalue weighted by Gasteiger charge is 2.16. The molecular weight excluding hydrogens is 248 g/mol. The van der Waals surface area contributed by atoms with Crippen LogP contribution < -0.4 is 15.0 Å². The van der Waals surface area contributed by atoms with Crippen molar-refractivity contribution in [1.29, 1.82) is 0 Å². The second kappa shape index (κ2) is 7.53. The van der Waals surface area contributed by atoms with E-state index < -0.39 is 0 Å². The lowest BCUT2D eigenvalue weighted by Gasteiger charge is -2.21. The molecule has 3 heteroatoms. The molecule has 2 rings (SSSR count). The van der Waals surface area contributed by atoms with Crippen molar-refractivity contribution in [3.63, 3.8) is 0 Å². The van der Waals surface area contributed by atoms with E-state index in [1.54, 1.807) is 7.11 Å². The van der Waals surface area contributed by atoms with Gasteiger partial charge in [0.25, 0.3) is 0 Å². The molecule has 1 N–H and O–H groups in total. The van der Waals surface area contributed by atoms with E-state index in [0.717, 1.165) is 37.8 Å². The SMILES string of the molecule is COc1cc(CNCCC(C)C)ccc1N1CCCC1. The first kappa shape index (κ1) is 15.2. The third-order valence-corrected chi connectivity index (χ3v) is 3.92. The summed E-state index contributed by atoms with van der Waals surface area (Å²) >= 11 is 0. The molecule has 1 heterocycles. The third-order valence-electron chi connectivity index (χ3n) is 3.92. The first-order chi connectivity index (χ1) is 9.70. The fourth-order valence-corrected chi connectivity index (χ4v) is 2.67. The molecule has 1 aromatic carbocycles. The van der Waals surface area contributed by atoms with Crippen LogP contribution in [0.5, 0.6) is 5.75 Å². The van der Waals surface area contributed by atoms with E-state index in [2.05, 4.69) is 42.3 Å². The highest BCUT2D eigenvalue weighted by molar-refractivity contribution is 5.60. The molecule has 112 valence electrons. The maximum atomic E-state index is 5.57. The molecule has 20 heavy (non-hydrogen) atoms. The van der Waals surface area contributed by atoms with Crippen molar-refractivity contribution in [1.82, 2.24) is 5.32 Å². The zero-order chi connectivity index (χ0) is 14.4. The normalized spacial score (nSPS) is 15.1. The van der Waals surface area contributed by atoms with Crippen LogP contribution in [-0.2, 0) is 6.54 Å². The summed E-state index contributed by atoms with van der Waals surface area (Å²) in [4.78, 5) is 2.43. The summed E-state index contributed by atoms with van der Waals surface area (Å²) in [6.07, 6.45) is 3.81. The smallest absolute Gasteiger partial charge is 0.142 e. The minimum absolute atomic E-state index is 0.759. The highest BCUT2D eigenvalue weighted by atomic mass is 16.5. The minimum Gasteiger partial charge on any atom is -0.495 e. The maximum absolute atomic E-state index is 5.57. The fourth-order valence-electron chi connectivity index (χ4n) is 2.67. The van der Waals surface area contributed by atoms with Crippen LogP contribution in [0.15, 0.2) is 18.2 Å². The van der Waals surface area contributed by atoms with Crippen LogP contribution >= 0.6 is 0 Å². The number of anilines is 1. The number of ether oxygens (including phenoxy) is 1. The van der Waals surface area contributed by atoms with Crippen molar-refractivity contribution in [2.75, 3.05) is 31.6 Å². The zero-order valence-corrected chi connectivity index (χ0v) is 13.1. The molecule has 1 aliphatic rings. The Balaban J connectivity index is 1.94. The molecule has 0 aromatic heterocycles. The maximum Gasteiger partial charge on any atom is 0.142 e. The van der Waals surface area contributed by atoms with Gasteiger partial charge in [0.05, 0.1) is 12.8 Å². The second-order valence-corrected chi connectivity index (χ2v) is 6.06. The Morgan fingerprint density at radius 1 is 1.25 bits per heavy atom. The second-order valence-electron chi connectivity index (χ2n) is 6.06. The van der Waals surface area contributed by atoms with E-state index >= 15 is 0 Å². The summed E-state index contributed by atoms with van der Waals surface area (Å²) in [5.74, 6) is 1.77. The molecule has 0 saturated carbocycles. The van der Waals surface area contributed by atoms with Gasteiger partial charge < -0.3 is 15.0 Å².